The topological polar surface area (TPSA) is 62.5 Å². The second-order valence-corrected chi connectivity index (χ2v) is 5.43. The smallest absolute Gasteiger partial charge is 0.336 e. The number of nitrogens with one attached hydrogen (secondary N) is 1. The van der Waals surface area contributed by atoms with Gasteiger partial charge in [0.15, 0.2) is 0 Å². The molecule has 3 rings (SSSR count). The minimum atomic E-state index is -0.436. The van der Waals surface area contributed by atoms with E-state index in [2.05, 4.69) is 5.32 Å². The molecule has 0 radical (unpaired) electrons. The maximum absolute atomic E-state index is 11.6. The zero-order valence-electron chi connectivity index (χ0n) is 11.9. The van der Waals surface area contributed by atoms with Gasteiger partial charge in [-0.1, -0.05) is 23.7 Å². The lowest BCUT2D eigenvalue weighted by Crippen LogP contribution is -2.04. The van der Waals surface area contributed by atoms with Crippen molar-refractivity contribution >= 4 is 28.3 Å². The van der Waals surface area contributed by atoms with Crippen molar-refractivity contribution in [2.75, 3.05) is 5.32 Å². The molecule has 0 saturated heterocycles. The summed E-state index contributed by atoms with van der Waals surface area (Å²) in [5.41, 5.74) is 2.04. The molecule has 0 aliphatic heterocycles. The SMILES string of the molecule is Cc1cc(=O)oc2c(CNc3ccccc3Cl)c(O)ccc12. The minimum Gasteiger partial charge on any atom is -0.507 e. The molecule has 2 N–H and O–H groups in total. The Labute approximate surface area is 132 Å². The molecule has 112 valence electrons. The summed E-state index contributed by atoms with van der Waals surface area (Å²) in [4.78, 5) is 11.6. The van der Waals surface area contributed by atoms with Crippen molar-refractivity contribution in [3.05, 3.63) is 69.0 Å². The van der Waals surface area contributed by atoms with Gasteiger partial charge in [-0.15, -0.1) is 0 Å². The number of fused-ring (bicyclic) bond motifs is 1. The summed E-state index contributed by atoms with van der Waals surface area (Å²) in [7, 11) is 0. The molecule has 0 atom stereocenters. The fourth-order valence-corrected chi connectivity index (χ4v) is 2.59. The predicted molar refractivity (Wildman–Crippen MR) is 87.7 cm³/mol. The first-order chi connectivity index (χ1) is 10.6. The quantitative estimate of drug-likeness (QED) is 0.715. The predicted octanol–water partition coefficient (Wildman–Crippen LogP) is 4.07. The Morgan fingerprint density at radius 2 is 2.00 bits per heavy atom. The van der Waals surface area contributed by atoms with Crippen LogP contribution in [-0.4, -0.2) is 5.11 Å². The average molecular weight is 316 g/mol. The second-order valence-electron chi connectivity index (χ2n) is 5.02. The van der Waals surface area contributed by atoms with E-state index in [0.29, 0.717) is 22.7 Å². The van der Waals surface area contributed by atoms with E-state index in [4.69, 9.17) is 16.0 Å². The normalized spacial score (nSPS) is 10.8. The molecule has 0 aliphatic rings. The molecular weight excluding hydrogens is 302 g/mol. The number of hydrogen-bond acceptors (Lipinski definition) is 4. The van der Waals surface area contributed by atoms with Crippen LogP contribution in [0, 0.1) is 6.92 Å². The summed E-state index contributed by atoms with van der Waals surface area (Å²) < 4.78 is 5.28. The number of aromatic hydroxyl groups is 1. The number of para-hydroxylation sites is 1. The lowest BCUT2D eigenvalue weighted by molar-refractivity contribution is 0.466. The van der Waals surface area contributed by atoms with Gasteiger partial charge in [0.25, 0.3) is 0 Å². The van der Waals surface area contributed by atoms with Gasteiger partial charge in [-0.25, -0.2) is 4.79 Å². The maximum atomic E-state index is 11.6. The molecule has 0 bridgehead atoms. The van der Waals surface area contributed by atoms with Crippen LogP contribution < -0.4 is 10.9 Å². The van der Waals surface area contributed by atoms with Crippen molar-refractivity contribution in [1.29, 1.82) is 0 Å². The highest BCUT2D eigenvalue weighted by Gasteiger charge is 2.12. The molecule has 3 aromatic rings. The summed E-state index contributed by atoms with van der Waals surface area (Å²) >= 11 is 6.10. The largest absolute Gasteiger partial charge is 0.507 e. The van der Waals surface area contributed by atoms with Crippen molar-refractivity contribution in [2.24, 2.45) is 0 Å². The molecule has 1 heterocycles. The minimum absolute atomic E-state index is 0.0702. The van der Waals surface area contributed by atoms with Gasteiger partial charge in [0, 0.05) is 18.0 Å². The zero-order chi connectivity index (χ0) is 15.7. The van der Waals surface area contributed by atoms with Gasteiger partial charge in [-0.2, -0.15) is 0 Å². The standard InChI is InChI=1S/C17H14ClNO3/c1-10-8-16(21)22-17-11(10)6-7-15(20)12(17)9-19-14-5-3-2-4-13(14)18/h2-8,19-20H,9H2,1H3. The van der Waals surface area contributed by atoms with Gasteiger partial charge in [0.2, 0.25) is 0 Å². The number of aryl methyl sites for hydroxylation is 1. The first kappa shape index (κ1) is 14.5. The summed E-state index contributed by atoms with van der Waals surface area (Å²) in [6, 6.07) is 12.1. The number of rotatable bonds is 3. The first-order valence-electron chi connectivity index (χ1n) is 6.80. The van der Waals surface area contributed by atoms with Crippen LogP contribution in [0.15, 0.2) is 51.7 Å². The Balaban J connectivity index is 2.05. The van der Waals surface area contributed by atoms with Crippen LogP contribution in [0.4, 0.5) is 5.69 Å². The van der Waals surface area contributed by atoms with E-state index in [9.17, 15) is 9.90 Å². The van der Waals surface area contributed by atoms with Crippen LogP contribution in [-0.2, 0) is 6.54 Å². The highest BCUT2D eigenvalue weighted by molar-refractivity contribution is 6.33. The third kappa shape index (κ3) is 2.65. The number of hydrogen-bond donors (Lipinski definition) is 2. The Morgan fingerprint density at radius 1 is 1.23 bits per heavy atom. The van der Waals surface area contributed by atoms with Gasteiger partial charge < -0.3 is 14.8 Å². The van der Waals surface area contributed by atoms with E-state index >= 15 is 0 Å². The van der Waals surface area contributed by atoms with Gasteiger partial charge >= 0.3 is 5.63 Å². The molecule has 5 heteroatoms. The highest BCUT2D eigenvalue weighted by atomic mass is 35.5. The van der Waals surface area contributed by atoms with Crippen molar-refractivity contribution in [3.63, 3.8) is 0 Å². The highest BCUT2D eigenvalue weighted by Crippen LogP contribution is 2.29. The zero-order valence-corrected chi connectivity index (χ0v) is 12.6. The number of halogens is 1. The number of anilines is 1. The van der Waals surface area contributed by atoms with Crippen molar-refractivity contribution in [1.82, 2.24) is 0 Å². The molecule has 0 aliphatic carbocycles. The third-order valence-electron chi connectivity index (χ3n) is 3.53. The summed E-state index contributed by atoms with van der Waals surface area (Å²) in [5, 5.41) is 14.6. The van der Waals surface area contributed by atoms with Crippen molar-refractivity contribution < 1.29 is 9.52 Å². The molecule has 2 aromatic carbocycles. The molecule has 0 unspecified atom stereocenters. The Hall–Kier alpha value is -2.46. The van der Waals surface area contributed by atoms with E-state index < -0.39 is 5.63 Å². The van der Waals surface area contributed by atoms with E-state index in [1.807, 2.05) is 25.1 Å². The van der Waals surface area contributed by atoms with Gasteiger partial charge in [-0.05, 0) is 36.8 Å². The molecule has 0 fully saturated rings. The maximum Gasteiger partial charge on any atom is 0.336 e. The van der Waals surface area contributed by atoms with Crippen LogP contribution in [0.1, 0.15) is 11.1 Å². The number of phenolic OH excluding ortho intramolecular Hbond substituents is 1. The van der Waals surface area contributed by atoms with Crippen LogP contribution in [0.5, 0.6) is 5.75 Å². The molecule has 0 saturated carbocycles. The Morgan fingerprint density at radius 3 is 2.77 bits per heavy atom. The van der Waals surface area contributed by atoms with Crippen LogP contribution in [0.25, 0.3) is 11.0 Å². The molecular formula is C17H14ClNO3. The van der Waals surface area contributed by atoms with Gasteiger partial charge in [-0.3, -0.25) is 0 Å². The van der Waals surface area contributed by atoms with E-state index in [0.717, 1.165) is 16.6 Å². The summed E-state index contributed by atoms with van der Waals surface area (Å²) in [6.07, 6.45) is 0. The molecule has 1 aromatic heterocycles. The Kier molecular flexibility index (Phi) is 3.77. The van der Waals surface area contributed by atoms with Crippen LogP contribution >= 0.6 is 11.6 Å². The van der Waals surface area contributed by atoms with E-state index in [1.165, 1.54) is 6.07 Å². The monoisotopic (exact) mass is 315 g/mol. The van der Waals surface area contributed by atoms with Gasteiger partial charge in [0.1, 0.15) is 11.3 Å². The third-order valence-corrected chi connectivity index (χ3v) is 3.86. The fraction of sp³-hybridized carbons (Fsp3) is 0.118. The lowest BCUT2D eigenvalue weighted by atomic mass is 10.1. The van der Waals surface area contributed by atoms with Crippen LogP contribution in [0.2, 0.25) is 5.02 Å². The fourth-order valence-electron chi connectivity index (χ4n) is 2.39. The molecule has 0 amide bonds. The van der Waals surface area contributed by atoms with Gasteiger partial charge in [0.05, 0.1) is 16.3 Å². The summed E-state index contributed by atoms with van der Waals surface area (Å²) in [5.74, 6) is 0.0702. The number of benzene rings is 2. The van der Waals surface area contributed by atoms with Crippen molar-refractivity contribution in [2.45, 2.75) is 13.5 Å². The van der Waals surface area contributed by atoms with Crippen molar-refractivity contribution in [3.8, 4) is 5.75 Å². The Bertz CT molecular complexity index is 902. The molecule has 22 heavy (non-hydrogen) atoms. The second kappa shape index (κ2) is 5.73. The molecule has 0 spiro atoms. The summed E-state index contributed by atoms with van der Waals surface area (Å²) in [6.45, 7) is 2.13. The van der Waals surface area contributed by atoms with E-state index in [1.54, 1.807) is 18.2 Å². The number of phenols is 1. The average Bonchev–Trinajstić information content (AvgIpc) is 2.47. The molecule has 4 nitrogen and oxygen atoms in total. The van der Waals surface area contributed by atoms with Crippen LogP contribution in [0.3, 0.4) is 0 Å². The lowest BCUT2D eigenvalue weighted by Gasteiger charge is -2.12. The van der Waals surface area contributed by atoms with E-state index in [-0.39, 0.29) is 5.75 Å². The first-order valence-corrected chi connectivity index (χ1v) is 7.18.